The normalized spacial score (nSPS) is 39.0. The van der Waals surface area contributed by atoms with Gasteiger partial charge in [0.1, 0.15) is 5.82 Å². The van der Waals surface area contributed by atoms with Gasteiger partial charge < -0.3 is 5.32 Å². The van der Waals surface area contributed by atoms with Crippen molar-refractivity contribution >= 4 is 27.5 Å². The third kappa shape index (κ3) is 2.70. The Balaban J connectivity index is 1.47. The first-order valence-corrected chi connectivity index (χ1v) is 8.97. The fraction of sp³-hybridized carbons (Fsp3) is 0.611. The van der Waals surface area contributed by atoms with Crippen LogP contribution >= 0.6 is 15.9 Å². The van der Waals surface area contributed by atoms with Gasteiger partial charge in [0.25, 0.3) is 0 Å². The minimum absolute atomic E-state index is 0.0312. The number of carbonyl (C=O) groups excluding carboxylic acids is 1. The molecule has 4 fully saturated rings. The lowest BCUT2D eigenvalue weighted by Crippen LogP contribution is -2.53. The Morgan fingerprint density at radius 1 is 1.27 bits per heavy atom. The summed E-state index contributed by atoms with van der Waals surface area (Å²) < 4.78 is 13.5. The van der Waals surface area contributed by atoms with Gasteiger partial charge in [-0.05, 0) is 74.0 Å². The van der Waals surface area contributed by atoms with Crippen LogP contribution in [0, 0.1) is 23.1 Å². The molecule has 5 rings (SSSR count). The molecule has 4 bridgehead atoms. The number of alkyl halides is 1. The lowest BCUT2D eigenvalue weighted by atomic mass is 9.48. The maximum Gasteiger partial charge on any atom is 0.224 e. The summed E-state index contributed by atoms with van der Waals surface area (Å²) in [5, 5.41) is 2.88. The molecule has 4 saturated carbocycles. The van der Waals surface area contributed by atoms with Crippen LogP contribution in [0.25, 0.3) is 0 Å². The van der Waals surface area contributed by atoms with E-state index in [1.54, 1.807) is 12.1 Å². The van der Waals surface area contributed by atoms with Gasteiger partial charge in [-0.15, -0.1) is 0 Å². The van der Waals surface area contributed by atoms with Gasteiger partial charge in [-0.2, -0.15) is 0 Å². The number of amides is 1. The standard InChI is InChI=1S/C18H21BrFNO/c19-18-8-12-4-13(9-18)7-17(6-12,11-18)10-16(22)21-15-3-1-2-14(20)5-15/h1-3,5,12-13H,4,6-11H2,(H,21,22)/t12-,13+,17?,18?. The molecule has 2 unspecified atom stereocenters. The number of nitrogens with one attached hydrogen (secondary N) is 1. The highest BCUT2D eigenvalue weighted by molar-refractivity contribution is 9.10. The number of halogens is 2. The zero-order valence-corrected chi connectivity index (χ0v) is 14.2. The summed E-state index contributed by atoms with van der Waals surface area (Å²) in [7, 11) is 0. The van der Waals surface area contributed by atoms with Crippen molar-refractivity contribution in [1.29, 1.82) is 0 Å². The van der Waals surface area contributed by atoms with E-state index in [0.29, 0.717) is 12.1 Å². The van der Waals surface area contributed by atoms with Crippen LogP contribution in [-0.2, 0) is 4.79 Å². The van der Waals surface area contributed by atoms with Crippen LogP contribution in [0.15, 0.2) is 24.3 Å². The molecule has 4 aliphatic carbocycles. The molecule has 0 aromatic heterocycles. The molecule has 0 saturated heterocycles. The molecule has 0 aliphatic heterocycles. The van der Waals surface area contributed by atoms with Crippen molar-refractivity contribution in [1.82, 2.24) is 0 Å². The molecule has 1 aromatic rings. The van der Waals surface area contributed by atoms with E-state index in [9.17, 15) is 9.18 Å². The molecule has 0 radical (unpaired) electrons. The number of benzene rings is 1. The van der Waals surface area contributed by atoms with Crippen molar-refractivity contribution in [2.24, 2.45) is 17.3 Å². The monoisotopic (exact) mass is 365 g/mol. The first kappa shape index (κ1) is 14.7. The molecule has 4 heteroatoms. The Kier molecular flexibility index (Phi) is 3.37. The quantitative estimate of drug-likeness (QED) is 0.759. The molecular weight excluding hydrogens is 345 g/mol. The van der Waals surface area contributed by atoms with Crippen molar-refractivity contribution in [3.8, 4) is 0 Å². The third-order valence-electron chi connectivity index (χ3n) is 5.75. The summed E-state index contributed by atoms with van der Waals surface area (Å²) in [4.78, 5) is 12.5. The summed E-state index contributed by atoms with van der Waals surface area (Å²) in [6.07, 6.45) is 7.96. The van der Waals surface area contributed by atoms with Crippen molar-refractivity contribution in [2.45, 2.75) is 49.3 Å². The molecule has 1 N–H and O–H groups in total. The van der Waals surface area contributed by atoms with E-state index >= 15 is 0 Å². The first-order valence-electron chi connectivity index (χ1n) is 8.18. The smallest absolute Gasteiger partial charge is 0.224 e. The summed E-state index contributed by atoms with van der Waals surface area (Å²) in [5.74, 6) is 1.28. The fourth-order valence-electron chi connectivity index (χ4n) is 5.65. The number of rotatable bonds is 3. The van der Waals surface area contributed by atoms with Crippen LogP contribution < -0.4 is 5.32 Å². The zero-order chi connectivity index (χ0) is 15.4. The molecule has 4 atom stereocenters. The maximum atomic E-state index is 13.2. The first-order chi connectivity index (χ1) is 10.4. The second-order valence-corrected chi connectivity index (χ2v) is 9.53. The van der Waals surface area contributed by atoms with Crippen LogP contribution in [0.2, 0.25) is 0 Å². The molecule has 0 heterocycles. The van der Waals surface area contributed by atoms with Crippen molar-refractivity contribution in [2.75, 3.05) is 5.32 Å². The Labute approximate surface area is 139 Å². The number of anilines is 1. The van der Waals surface area contributed by atoms with Crippen molar-refractivity contribution in [3.05, 3.63) is 30.1 Å². The highest BCUT2D eigenvalue weighted by Crippen LogP contribution is 2.65. The van der Waals surface area contributed by atoms with Gasteiger partial charge in [0.2, 0.25) is 5.91 Å². The highest BCUT2D eigenvalue weighted by atomic mass is 79.9. The van der Waals surface area contributed by atoms with E-state index in [2.05, 4.69) is 21.2 Å². The van der Waals surface area contributed by atoms with Gasteiger partial charge in [0, 0.05) is 16.4 Å². The maximum absolute atomic E-state index is 13.2. The SMILES string of the molecule is O=C(CC12C[C@@H]3C[C@@H](CC(Br)(C3)C1)C2)Nc1cccc(F)c1. The minimum atomic E-state index is -0.313. The lowest BCUT2D eigenvalue weighted by molar-refractivity contribution is -0.123. The molecule has 4 aliphatic rings. The third-order valence-corrected chi connectivity index (χ3v) is 6.68. The van der Waals surface area contributed by atoms with Crippen LogP contribution in [0.1, 0.15) is 44.9 Å². The Morgan fingerprint density at radius 3 is 2.64 bits per heavy atom. The van der Waals surface area contributed by atoms with Crippen LogP contribution in [0.3, 0.4) is 0 Å². The number of hydrogen-bond acceptors (Lipinski definition) is 1. The largest absolute Gasteiger partial charge is 0.326 e. The van der Waals surface area contributed by atoms with Crippen molar-refractivity contribution in [3.63, 3.8) is 0 Å². The van der Waals surface area contributed by atoms with Gasteiger partial charge in [-0.25, -0.2) is 4.39 Å². The summed E-state index contributed by atoms with van der Waals surface area (Å²) in [6.45, 7) is 0. The average molecular weight is 366 g/mol. The molecule has 0 spiro atoms. The lowest BCUT2D eigenvalue weighted by Gasteiger charge is -2.60. The van der Waals surface area contributed by atoms with Gasteiger partial charge in [0.05, 0.1) is 0 Å². The summed E-state index contributed by atoms with van der Waals surface area (Å²) in [6, 6.07) is 6.14. The van der Waals surface area contributed by atoms with E-state index in [4.69, 9.17) is 0 Å². The van der Waals surface area contributed by atoms with E-state index in [1.165, 1.54) is 44.2 Å². The summed E-state index contributed by atoms with van der Waals surface area (Å²) in [5.41, 5.74) is 0.716. The zero-order valence-electron chi connectivity index (χ0n) is 12.6. The highest BCUT2D eigenvalue weighted by Gasteiger charge is 2.57. The average Bonchev–Trinajstić information content (AvgIpc) is 2.34. The molecular formula is C18H21BrFNO. The molecule has 1 amide bonds. The van der Waals surface area contributed by atoms with E-state index in [-0.39, 0.29) is 21.5 Å². The predicted octanol–water partition coefficient (Wildman–Crippen LogP) is 4.89. The second kappa shape index (κ2) is 5.05. The predicted molar refractivity (Wildman–Crippen MR) is 88.4 cm³/mol. The Hall–Kier alpha value is -0.900. The van der Waals surface area contributed by atoms with Gasteiger partial charge in [-0.1, -0.05) is 22.0 Å². The van der Waals surface area contributed by atoms with E-state index < -0.39 is 0 Å². The Morgan fingerprint density at radius 2 is 2.00 bits per heavy atom. The Bertz CT molecular complexity index is 603. The van der Waals surface area contributed by atoms with Crippen LogP contribution in [-0.4, -0.2) is 10.2 Å². The number of carbonyl (C=O) groups is 1. The second-order valence-electron chi connectivity index (χ2n) is 7.85. The molecule has 22 heavy (non-hydrogen) atoms. The summed E-state index contributed by atoms with van der Waals surface area (Å²) >= 11 is 3.98. The van der Waals surface area contributed by atoms with E-state index in [1.807, 2.05) is 0 Å². The topological polar surface area (TPSA) is 29.1 Å². The van der Waals surface area contributed by atoms with Crippen LogP contribution in [0.4, 0.5) is 10.1 Å². The van der Waals surface area contributed by atoms with Gasteiger partial charge in [-0.3, -0.25) is 4.79 Å². The van der Waals surface area contributed by atoms with Gasteiger partial charge >= 0.3 is 0 Å². The minimum Gasteiger partial charge on any atom is -0.326 e. The van der Waals surface area contributed by atoms with E-state index in [0.717, 1.165) is 18.3 Å². The molecule has 1 aromatic carbocycles. The van der Waals surface area contributed by atoms with Gasteiger partial charge in [0.15, 0.2) is 0 Å². The van der Waals surface area contributed by atoms with Crippen molar-refractivity contribution < 1.29 is 9.18 Å². The molecule has 2 nitrogen and oxygen atoms in total. The van der Waals surface area contributed by atoms with Crippen LogP contribution in [0.5, 0.6) is 0 Å². The molecule has 118 valence electrons. The number of hydrogen-bond donors (Lipinski definition) is 1. The fourth-order valence-corrected chi connectivity index (χ4v) is 7.17.